The Labute approximate surface area is 276 Å². The second kappa shape index (κ2) is 18.4. The van der Waals surface area contributed by atoms with E-state index in [9.17, 15) is 24.0 Å². The van der Waals surface area contributed by atoms with Gasteiger partial charge in [-0.2, -0.15) is 0 Å². The molecule has 3 amide bonds. The second-order valence-corrected chi connectivity index (χ2v) is 12.4. The Morgan fingerprint density at radius 1 is 1.02 bits per heavy atom. The van der Waals surface area contributed by atoms with Gasteiger partial charge in [0.1, 0.15) is 6.10 Å². The molecule has 2 aliphatic rings. The minimum Gasteiger partial charge on any atom is -0.443 e. The lowest BCUT2D eigenvalue weighted by Gasteiger charge is -2.32. The van der Waals surface area contributed by atoms with E-state index in [2.05, 4.69) is 10.6 Å². The lowest BCUT2D eigenvalue weighted by Crippen LogP contribution is -2.41. The number of nitrogens with one attached hydrogen (secondary N) is 2. The number of allylic oxidation sites excluding steroid dienone is 3. The van der Waals surface area contributed by atoms with Crippen molar-refractivity contribution in [2.24, 2.45) is 23.3 Å². The van der Waals surface area contributed by atoms with Crippen molar-refractivity contribution in [1.29, 1.82) is 0 Å². The number of nitrogens with zero attached hydrogens (tertiary/aromatic N) is 1. The SMILES string of the molecule is COC1CC/C=C(/C)C(=O)NC2=CC(=O)C(NCCN(C)C)=C(CC(C)CC(OC)C(OC(N)=O)C(C)/C=C(/C)C1OC(N)=O)C2=O. The summed E-state index contributed by atoms with van der Waals surface area (Å²) >= 11 is 0. The molecule has 14 nitrogen and oxygen atoms in total. The monoisotopic (exact) mass is 661 g/mol. The topological polar surface area (TPSA) is 202 Å². The predicted octanol–water partition coefficient (Wildman–Crippen LogP) is 2.24. The van der Waals surface area contributed by atoms with Gasteiger partial charge in [0, 0.05) is 50.4 Å². The van der Waals surface area contributed by atoms with Gasteiger partial charge in [-0.25, -0.2) is 9.59 Å². The number of hydrogen-bond donors (Lipinski definition) is 4. The predicted molar refractivity (Wildman–Crippen MR) is 175 cm³/mol. The number of hydrogen-bond acceptors (Lipinski definition) is 11. The van der Waals surface area contributed by atoms with Gasteiger partial charge >= 0.3 is 12.2 Å². The first-order valence-corrected chi connectivity index (χ1v) is 15.7. The molecule has 0 aromatic heterocycles. The molecule has 0 aromatic rings. The third-order valence-corrected chi connectivity index (χ3v) is 8.20. The van der Waals surface area contributed by atoms with Gasteiger partial charge in [0.05, 0.1) is 23.6 Å². The molecule has 1 heterocycles. The molecule has 2 rings (SSSR count). The van der Waals surface area contributed by atoms with E-state index in [0.29, 0.717) is 43.5 Å². The summed E-state index contributed by atoms with van der Waals surface area (Å²) in [5, 5.41) is 5.74. The zero-order chi connectivity index (χ0) is 35.4. The fourth-order valence-electron chi connectivity index (χ4n) is 5.79. The summed E-state index contributed by atoms with van der Waals surface area (Å²) < 4.78 is 22.5. The zero-order valence-electron chi connectivity index (χ0n) is 28.7. The highest BCUT2D eigenvalue weighted by Crippen LogP contribution is 2.30. The van der Waals surface area contributed by atoms with E-state index in [1.807, 2.05) is 25.9 Å². The number of ether oxygens (including phenoxy) is 4. The van der Waals surface area contributed by atoms with Crippen LogP contribution in [0.3, 0.4) is 0 Å². The first-order valence-electron chi connectivity index (χ1n) is 15.7. The van der Waals surface area contributed by atoms with Crippen LogP contribution >= 0.6 is 0 Å². The van der Waals surface area contributed by atoms with Crippen LogP contribution in [0, 0.1) is 11.8 Å². The van der Waals surface area contributed by atoms with Crippen LogP contribution in [0.4, 0.5) is 9.59 Å². The molecule has 262 valence electrons. The number of carbonyl (C=O) groups is 5. The molecule has 0 aromatic carbocycles. The van der Waals surface area contributed by atoms with Crippen molar-refractivity contribution in [3.05, 3.63) is 46.3 Å². The number of fused-ring (bicyclic) bond motifs is 2. The average Bonchev–Trinajstić information content (AvgIpc) is 2.98. The maximum Gasteiger partial charge on any atom is 0.405 e. The normalized spacial score (nSPS) is 29.2. The molecule has 0 fully saturated rings. The average molecular weight is 662 g/mol. The largest absolute Gasteiger partial charge is 0.443 e. The first kappa shape index (κ1) is 39.2. The maximum absolute atomic E-state index is 13.8. The van der Waals surface area contributed by atoms with Crippen molar-refractivity contribution in [2.45, 2.75) is 77.8 Å². The Bertz CT molecular complexity index is 1300. The molecular formula is C33H51N5O9. The van der Waals surface area contributed by atoms with Gasteiger partial charge in [-0.05, 0) is 65.1 Å². The maximum atomic E-state index is 13.8. The molecule has 6 N–H and O–H groups in total. The molecule has 6 unspecified atom stereocenters. The Balaban J connectivity index is 2.65. The summed E-state index contributed by atoms with van der Waals surface area (Å²) in [6.07, 6.45) is 0.609. The quantitative estimate of drug-likeness (QED) is 0.220. The van der Waals surface area contributed by atoms with E-state index < -0.39 is 60.0 Å². The molecule has 0 spiro atoms. The van der Waals surface area contributed by atoms with Crippen LogP contribution in [0.2, 0.25) is 0 Å². The van der Waals surface area contributed by atoms with Gasteiger partial charge in [0.15, 0.2) is 6.10 Å². The summed E-state index contributed by atoms with van der Waals surface area (Å²) in [5.74, 6) is -2.20. The van der Waals surface area contributed by atoms with Crippen LogP contribution in [0.15, 0.2) is 46.3 Å². The van der Waals surface area contributed by atoms with Crippen LogP contribution in [0.25, 0.3) is 0 Å². The molecule has 47 heavy (non-hydrogen) atoms. The highest BCUT2D eigenvalue weighted by molar-refractivity contribution is 6.23. The summed E-state index contributed by atoms with van der Waals surface area (Å²) in [4.78, 5) is 66.2. The summed E-state index contributed by atoms with van der Waals surface area (Å²) in [6.45, 7) is 8.05. The number of likely N-dealkylation sites (N-methyl/N-ethyl adjacent to an activating group) is 1. The minimum atomic E-state index is -1.00. The number of rotatable bonds is 8. The number of nitrogens with two attached hydrogens (primary N) is 2. The number of Topliss-reactive ketones (excluding diaryl/α,β-unsaturated/α-hetero) is 1. The number of primary amides is 2. The highest BCUT2D eigenvalue weighted by atomic mass is 16.6. The van der Waals surface area contributed by atoms with E-state index >= 15 is 0 Å². The van der Waals surface area contributed by atoms with Crippen LogP contribution in [-0.2, 0) is 33.3 Å². The Hall–Kier alpha value is -4.01. The smallest absolute Gasteiger partial charge is 0.405 e. The zero-order valence-corrected chi connectivity index (χ0v) is 28.7. The van der Waals surface area contributed by atoms with Gasteiger partial charge in [0.25, 0.3) is 5.91 Å². The van der Waals surface area contributed by atoms with Gasteiger partial charge in [-0.3, -0.25) is 14.4 Å². The minimum absolute atomic E-state index is 0.123. The Kier molecular flexibility index (Phi) is 15.3. The van der Waals surface area contributed by atoms with Gasteiger partial charge in [-0.15, -0.1) is 0 Å². The second-order valence-electron chi connectivity index (χ2n) is 12.4. The number of ketones is 2. The number of methoxy groups -OCH3 is 2. The number of amides is 3. The molecule has 0 radical (unpaired) electrons. The van der Waals surface area contributed by atoms with Gasteiger partial charge in [-0.1, -0.05) is 26.0 Å². The molecule has 6 atom stereocenters. The van der Waals surface area contributed by atoms with E-state index in [1.54, 1.807) is 32.9 Å². The van der Waals surface area contributed by atoms with Crippen LogP contribution in [0.1, 0.15) is 53.4 Å². The van der Waals surface area contributed by atoms with E-state index in [0.717, 1.165) is 6.08 Å². The fourth-order valence-corrected chi connectivity index (χ4v) is 5.79. The van der Waals surface area contributed by atoms with Crippen LogP contribution in [0.5, 0.6) is 0 Å². The molecule has 0 saturated carbocycles. The van der Waals surface area contributed by atoms with Crippen molar-refractivity contribution in [2.75, 3.05) is 41.4 Å². The summed E-state index contributed by atoms with van der Waals surface area (Å²) in [5.41, 5.74) is 12.1. The van der Waals surface area contributed by atoms with Crippen molar-refractivity contribution >= 4 is 29.7 Å². The van der Waals surface area contributed by atoms with Crippen LogP contribution < -0.4 is 22.1 Å². The molecule has 14 heteroatoms. The summed E-state index contributed by atoms with van der Waals surface area (Å²) in [7, 11) is 6.73. The fraction of sp³-hybridized carbons (Fsp3) is 0.606. The molecule has 2 bridgehead atoms. The summed E-state index contributed by atoms with van der Waals surface area (Å²) in [6, 6.07) is 0. The lowest BCUT2D eigenvalue weighted by molar-refractivity contribution is -0.120. The van der Waals surface area contributed by atoms with Gasteiger partial charge < -0.3 is 45.9 Å². The molecular weight excluding hydrogens is 610 g/mol. The standard InChI is InChI=1S/C33H51N5O9/c1-18-14-22-27(36-12-13-38(5)6)24(39)17-23(28(22)40)37-31(41)19(2)10-9-11-25(44-7)29(46-32(34)42)20(3)16-21(4)30(47-33(35)43)26(15-18)45-8/h10,16-18,21,25-26,29-30,36H,9,11-15H2,1-8H3,(H2,34,42)(H2,35,43)(H,37,41)/b19-10-,20-16-. The van der Waals surface area contributed by atoms with E-state index in [1.165, 1.54) is 14.2 Å². The Morgan fingerprint density at radius 3 is 2.23 bits per heavy atom. The number of carbonyl (C=O) groups excluding carboxylic acids is 5. The van der Waals surface area contributed by atoms with Crippen molar-refractivity contribution in [3.8, 4) is 0 Å². The van der Waals surface area contributed by atoms with E-state index in [4.69, 9.17) is 30.4 Å². The molecule has 0 saturated heterocycles. The van der Waals surface area contributed by atoms with Crippen molar-refractivity contribution in [1.82, 2.24) is 15.5 Å². The van der Waals surface area contributed by atoms with Crippen LogP contribution in [-0.4, -0.2) is 100 Å². The third-order valence-electron chi connectivity index (χ3n) is 8.20. The third kappa shape index (κ3) is 11.6. The molecule has 1 aliphatic heterocycles. The van der Waals surface area contributed by atoms with Crippen molar-refractivity contribution in [3.63, 3.8) is 0 Å². The Morgan fingerprint density at radius 2 is 1.66 bits per heavy atom. The molecule has 1 aliphatic carbocycles. The lowest BCUT2D eigenvalue weighted by atomic mass is 9.85. The van der Waals surface area contributed by atoms with Gasteiger partial charge in [0.2, 0.25) is 11.6 Å². The van der Waals surface area contributed by atoms with E-state index in [-0.39, 0.29) is 29.3 Å². The van der Waals surface area contributed by atoms with Crippen molar-refractivity contribution < 1.29 is 42.9 Å². The first-order chi connectivity index (χ1) is 22.1. The highest BCUT2D eigenvalue weighted by Gasteiger charge is 2.35.